The topological polar surface area (TPSA) is 73.0 Å². The van der Waals surface area contributed by atoms with Crippen LogP contribution in [0.5, 0.6) is 0 Å². The number of hydrogen-bond donors (Lipinski definition) is 1. The minimum Gasteiger partial charge on any atom is -0.365 e. The van der Waals surface area contributed by atoms with E-state index in [1.165, 1.54) is 4.68 Å². The summed E-state index contributed by atoms with van der Waals surface area (Å²) >= 11 is 1.76. The second-order valence-corrected chi connectivity index (χ2v) is 4.42. The number of nitro groups is 1. The van der Waals surface area contributed by atoms with Crippen molar-refractivity contribution in [2.24, 2.45) is 7.05 Å². The second-order valence-electron chi connectivity index (χ2n) is 3.44. The molecule has 0 atom stereocenters. The molecule has 0 unspecified atom stereocenters. The summed E-state index contributed by atoms with van der Waals surface area (Å²) in [5.41, 5.74) is 0.520. The van der Waals surface area contributed by atoms with E-state index in [9.17, 15) is 10.1 Å². The van der Waals surface area contributed by atoms with Gasteiger partial charge in [0.25, 0.3) is 0 Å². The highest BCUT2D eigenvalue weighted by atomic mass is 32.2. The Balaban J connectivity index is 2.74. The first-order valence-corrected chi connectivity index (χ1v) is 6.38. The Morgan fingerprint density at radius 1 is 1.62 bits per heavy atom. The van der Waals surface area contributed by atoms with Crippen molar-refractivity contribution in [2.75, 3.05) is 23.9 Å². The van der Waals surface area contributed by atoms with Crippen LogP contribution < -0.4 is 5.32 Å². The third kappa shape index (κ3) is 2.88. The maximum Gasteiger partial charge on any atom is 0.333 e. The predicted octanol–water partition coefficient (Wildman–Crippen LogP) is 1.80. The van der Waals surface area contributed by atoms with Crippen LogP contribution >= 0.6 is 11.8 Å². The lowest BCUT2D eigenvalue weighted by Gasteiger charge is -2.04. The van der Waals surface area contributed by atoms with Gasteiger partial charge in [-0.3, -0.25) is 10.1 Å². The Morgan fingerprint density at radius 2 is 2.31 bits per heavy atom. The Hall–Kier alpha value is -1.24. The maximum atomic E-state index is 10.9. The molecule has 1 rings (SSSR count). The van der Waals surface area contributed by atoms with E-state index in [-0.39, 0.29) is 10.6 Å². The van der Waals surface area contributed by atoms with Gasteiger partial charge in [0.05, 0.1) is 4.92 Å². The minimum atomic E-state index is -0.390. The van der Waals surface area contributed by atoms with Crippen molar-refractivity contribution in [1.82, 2.24) is 9.78 Å². The van der Waals surface area contributed by atoms with E-state index in [1.54, 1.807) is 25.7 Å². The first-order chi connectivity index (χ1) is 7.57. The molecule has 1 aromatic rings. The number of aromatic nitrogens is 2. The van der Waals surface area contributed by atoms with Crippen molar-refractivity contribution in [3.05, 3.63) is 15.8 Å². The molecule has 0 saturated heterocycles. The molecule has 0 saturated carbocycles. The number of aryl methyl sites for hydroxylation is 2. The van der Waals surface area contributed by atoms with Gasteiger partial charge in [0, 0.05) is 13.6 Å². The van der Waals surface area contributed by atoms with Crippen LogP contribution in [0.3, 0.4) is 0 Å². The summed E-state index contributed by atoms with van der Waals surface area (Å²) in [6.45, 7) is 2.37. The van der Waals surface area contributed by atoms with E-state index < -0.39 is 0 Å². The molecule has 0 radical (unpaired) electrons. The van der Waals surface area contributed by atoms with Crippen molar-refractivity contribution in [1.29, 1.82) is 0 Å². The normalized spacial score (nSPS) is 10.4. The zero-order valence-electron chi connectivity index (χ0n) is 9.69. The van der Waals surface area contributed by atoms with E-state index in [0.717, 1.165) is 18.7 Å². The van der Waals surface area contributed by atoms with Crippen LogP contribution in [0.15, 0.2) is 0 Å². The van der Waals surface area contributed by atoms with Gasteiger partial charge in [-0.1, -0.05) is 0 Å². The van der Waals surface area contributed by atoms with Gasteiger partial charge in [0.15, 0.2) is 0 Å². The summed E-state index contributed by atoms with van der Waals surface area (Å²) in [6.07, 6.45) is 3.01. The van der Waals surface area contributed by atoms with Gasteiger partial charge in [-0.15, -0.1) is 0 Å². The van der Waals surface area contributed by atoms with Crippen LogP contribution in [-0.2, 0) is 7.05 Å². The first kappa shape index (κ1) is 12.8. The molecule has 0 aliphatic carbocycles. The molecule has 1 aromatic heterocycles. The molecule has 0 aromatic carbocycles. The molecular weight excluding hydrogens is 228 g/mol. The molecule has 0 fully saturated rings. The summed E-state index contributed by atoms with van der Waals surface area (Å²) in [5, 5.41) is 18.0. The molecule has 0 spiro atoms. The van der Waals surface area contributed by atoms with E-state index in [4.69, 9.17) is 0 Å². The molecule has 0 aliphatic heterocycles. The summed E-state index contributed by atoms with van der Waals surface area (Å²) in [6, 6.07) is 0. The van der Waals surface area contributed by atoms with Gasteiger partial charge in [0.1, 0.15) is 5.69 Å². The molecule has 1 N–H and O–H groups in total. The zero-order chi connectivity index (χ0) is 12.1. The molecule has 7 heteroatoms. The van der Waals surface area contributed by atoms with Crippen molar-refractivity contribution >= 4 is 23.3 Å². The Kier molecular flexibility index (Phi) is 4.60. The molecule has 0 bridgehead atoms. The predicted molar refractivity (Wildman–Crippen MR) is 66.1 cm³/mol. The Labute approximate surface area is 98.6 Å². The van der Waals surface area contributed by atoms with Crippen LogP contribution in [-0.4, -0.2) is 33.3 Å². The van der Waals surface area contributed by atoms with Gasteiger partial charge in [0.2, 0.25) is 5.82 Å². The monoisotopic (exact) mass is 244 g/mol. The summed E-state index contributed by atoms with van der Waals surface area (Å²) in [4.78, 5) is 10.5. The maximum absolute atomic E-state index is 10.9. The van der Waals surface area contributed by atoms with Crippen molar-refractivity contribution in [3.63, 3.8) is 0 Å². The quantitative estimate of drug-likeness (QED) is 0.469. The lowest BCUT2D eigenvalue weighted by atomic mass is 10.3. The van der Waals surface area contributed by atoms with Crippen LogP contribution in [0.2, 0.25) is 0 Å². The fourth-order valence-corrected chi connectivity index (χ4v) is 1.92. The zero-order valence-corrected chi connectivity index (χ0v) is 10.5. The fourth-order valence-electron chi connectivity index (χ4n) is 1.49. The standard InChI is InChI=1S/C9H16N4O2S/c1-7-8(13(14)15)9(12(2)11-7)10-5-4-6-16-3/h10H,4-6H2,1-3H3. The lowest BCUT2D eigenvalue weighted by Crippen LogP contribution is -2.08. The molecule has 1 heterocycles. The highest BCUT2D eigenvalue weighted by molar-refractivity contribution is 7.98. The third-order valence-corrected chi connectivity index (χ3v) is 2.89. The van der Waals surface area contributed by atoms with Crippen molar-refractivity contribution in [3.8, 4) is 0 Å². The highest BCUT2D eigenvalue weighted by Gasteiger charge is 2.23. The number of hydrogen-bond acceptors (Lipinski definition) is 5. The lowest BCUT2D eigenvalue weighted by molar-refractivity contribution is -0.384. The number of thioether (sulfide) groups is 1. The Morgan fingerprint density at radius 3 is 2.88 bits per heavy atom. The van der Waals surface area contributed by atoms with E-state index in [0.29, 0.717) is 11.5 Å². The molecule has 90 valence electrons. The van der Waals surface area contributed by atoms with Crippen LogP contribution in [0.1, 0.15) is 12.1 Å². The van der Waals surface area contributed by atoms with Crippen LogP contribution in [0.4, 0.5) is 11.5 Å². The highest BCUT2D eigenvalue weighted by Crippen LogP contribution is 2.26. The van der Waals surface area contributed by atoms with Crippen molar-refractivity contribution < 1.29 is 4.92 Å². The molecule has 0 aliphatic rings. The first-order valence-electron chi connectivity index (χ1n) is 4.98. The summed E-state index contributed by atoms with van der Waals surface area (Å²) in [7, 11) is 1.71. The summed E-state index contributed by atoms with van der Waals surface area (Å²) < 4.78 is 1.52. The van der Waals surface area contributed by atoms with Gasteiger partial charge in [-0.25, -0.2) is 4.68 Å². The molecular formula is C9H16N4O2S. The van der Waals surface area contributed by atoms with Gasteiger partial charge in [-0.05, 0) is 25.4 Å². The number of nitrogens with zero attached hydrogens (tertiary/aromatic N) is 3. The fraction of sp³-hybridized carbons (Fsp3) is 0.667. The van der Waals surface area contributed by atoms with Crippen molar-refractivity contribution in [2.45, 2.75) is 13.3 Å². The average molecular weight is 244 g/mol. The van der Waals surface area contributed by atoms with E-state index in [1.807, 2.05) is 6.26 Å². The van der Waals surface area contributed by atoms with Crippen LogP contribution in [0, 0.1) is 17.0 Å². The SMILES string of the molecule is CSCCCNc1c([N+](=O)[O-])c(C)nn1C. The number of nitrogens with one attached hydrogen (secondary N) is 1. The number of rotatable bonds is 6. The summed E-state index contributed by atoms with van der Waals surface area (Å²) in [5.74, 6) is 1.53. The smallest absolute Gasteiger partial charge is 0.333 e. The second kappa shape index (κ2) is 5.74. The van der Waals surface area contributed by atoms with Gasteiger partial charge >= 0.3 is 5.69 Å². The molecule has 6 nitrogen and oxygen atoms in total. The van der Waals surface area contributed by atoms with E-state index >= 15 is 0 Å². The van der Waals surface area contributed by atoms with Gasteiger partial charge < -0.3 is 5.32 Å². The molecule has 16 heavy (non-hydrogen) atoms. The third-order valence-electron chi connectivity index (χ3n) is 2.19. The Bertz CT molecular complexity index is 378. The largest absolute Gasteiger partial charge is 0.365 e. The average Bonchev–Trinajstić information content (AvgIpc) is 2.48. The minimum absolute atomic E-state index is 0.0756. The molecule has 0 amide bonds. The van der Waals surface area contributed by atoms with Gasteiger partial charge in [-0.2, -0.15) is 16.9 Å². The van der Waals surface area contributed by atoms with E-state index in [2.05, 4.69) is 10.4 Å². The number of anilines is 1. The van der Waals surface area contributed by atoms with Crippen LogP contribution in [0.25, 0.3) is 0 Å².